The van der Waals surface area contributed by atoms with Gasteiger partial charge < -0.3 is 15.2 Å². The van der Waals surface area contributed by atoms with Crippen LogP contribution in [0.1, 0.15) is 39.9 Å². The van der Waals surface area contributed by atoms with Gasteiger partial charge in [0.25, 0.3) is 0 Å². The van der Waals surface area contributed by atoms with E-state index in [2.05, 4.69) is 5.32 Å². The summed E-state index contributed by atoms with van der Waals surface area (Å²) < 4.78 is 5.81. The summed E-state index contributed by atoms with van der Waals surface area (Å²) in [6.07, 6.45) is 0.714. The van der Waals surface area contributed by atoms with Crippen LogP contribution in [0.5, 0.6) is 5.75 Å². The topological polar surface area (TPSA) is 75.6 Å². The molecule has 5 nitrogen and oxygen atoms in total. The molecule has 3 aromatic carbocycles. The molecule has 0 fully saturated rings. The molecule has 1 atom stereocenters. The zero-order valence-corrected chi connectivity index (χ0v) is 16.9. The lowest BCUT2D eigenvalue weighted by molar-refractivity contribution is -0.122. The Morgan fingerprint density at radius 2 is 1.57 bits per heavy atom. The number of rotatable bonds is 9. The Balaban J connectivity index is 1.68. The SMILES string of the molecule is CC(C(=O)NCCc1ccccc1)c1cc(OCc2ccccc2)ccc1C(=O)O. The number of benzene rings is 3. The molecular weight excluding hydrogens is 378 g/mol. The van der Waals surface area contributed by atoms with Crippen molar-refractivity contribution >= 4 is 11.9 Å². The van der Waals surface area contributed by atoms with Gasteiger partial charge in [-0.1, -0.05) is 60.7 Å². The number of aromatic carboxylic acids is 1. The molecular formula is C25H25NO4. The number of hydrogen-bond acceptors (Lipinski definition) is 3. The average Bonchev–Trinajstić information content (AvgIpc) is 2.78. The van der Waals surface area contributed by atoms with Crippen LogP contribution in [0.2, 0.25) is 0 Å². The maximum atomic E-state index is 12.7. The Bertz CT molecular complexity index is 987. The first-order chi connectivity index (χ1) is 14.5. The fraction of sp³-hybridized carbons (Fsp3) is 0.200. The Hall–Kier alpha value is -3.60. The molecule has 0 heterocycles. The minimum atomic E-state index is -1.07. The summed E-state index contributed by atoms with van der Waals surface area (Å²) in [7, 11) is 0. The van der Waals surface area contributed by atoms with Gasteiger partial charge in [0.2, 0.25) is 5.91 Å². The Labute approximate surface area is 176 Å². The highest BCUT2D eigenvalue weighted by molar-refractivity contribution is 5.93. The first kappa shape index (κ1) is 21.1. The molecule has 0 aromatic heterocycles. The van der Waals surface area contributed by atoms with Crippen molar-refractivity contribution in [3.05, 3.63) is 101 Å². The van der Waals surface area contributed by atoms with E-state index in [9.17, 15) is 14.7 Å². The number of amides is 1. The second-order valence-electron chi connectivity index (χ2n) is 7.08. The zero-order chi connectivity index (χ0) is 21.3. The van der Waals surface area contributed by atoms with Crippen molar-refractivity contribution in [1.82, 2.24) is 5.32 Å². The summed E-state index contributed by atoms with van der Waals surface area (Å²) in [5.74, 6) is -1.37. The van der Waals surface area contributed by atoms with Crippen molar-refractivity contribution in [3.8, 4) is 5.75 Å². The number of carbonyl (C=O) groups excluding carboxylic acids is 1. The van der Waals surface area contributed by atoms with Crippen LogP contribution in [0.4, 0.5) is 0 Å². The fourth-order valence-electron chi connectivity index (χ4n) is 3.19. The van der Waals surface area contributed by atoms with Gasteiger partial charge in [-0.2, -0.15) is 0 Å². The van der Waals surface area contributed by atoms with Crippen molar-refractivity contribution in [2.45, 2.75) is 25.9 Å². The van der Waals surface area contributed by atoms with Gasteiger partial charge in [-0.15, -0.1) is 0 Å². The molecule has 0 aliphatic carbocycles. The Kier molecular flexibility index (Phi) is 7.22. The molecule has 154 valence electrons. The van der Waals surface area contributed by atoms with Crippen LogP contribution >= 0.6 is 0 Å². The van der Waals surface area contributed by atoms with Gasteiger partial charge in [0, 0.05) is 6.54 Å². The molecule has 3 rings (SSSR count). The molecule has 0 saturated carbocycles. The molecule has 3 aromatic rings. The standard InChI is InChI=1S/C25H25NO4/c1-18(24(27)26-15-14-19-8-4-2-5-9-19)23-16-21(12-13-22(23)25(28)29)30-17-20-10-6-3-7-11-20/h2-13,16,18H,14-15,17H2,1H3,(H,26,27)(H,28,29). The molecule has 5 heteroatoms. The monoisotopic (exact) mass is 403 g/mol. The molecule has 1 unspecified atom stereocenters. The van der Waals surface area contributed by atoms with E-state index in [4.69, 9.17) is 4.74 Å². The lowest BCUT2D eigenvalue weighted by atomic mass is 9.94. The van der Waals surface area contributed by atoms with E-state index in [0.717, 1.165) is 11.1 Å². The summed E-state index contributed by atoms with van der Waals surface area (Å²) in [6, 6.07) is 24.3. The van der Waals surface area contributed by atoms with Crippen LogP contribution in [0, 0.1) is 0 Å². The smallest absolute Gasteiger partial charge is 0.335 e. The van der Waals surface area contributed by atoms with Crippen LogP contribution in [-0.2, 0) is 17.8 Å². The van der Waals surface area contributed by atoms with E-state index in [1.807, 2.05) is 60.7 Å². The summed E-state index contributed by atoms with van der Waals surface area (Å²) >= 11 is 0. The van der Waals surface area contributed by atoms with E-state index in [1.54, 1.807) is 19.1 Å². The Morgan fingerprint density at radius 1 is 0.933 bits per heavy atom. The fourth-order valence-corrected chi connectivity index (χ4v) is 3.19. The molecule has 30 heavy (non-hydrogen) atoms. The van der Waals surface area contributed by atoms with E-state index >= 15 is 0 Å². The summed E-state index contributed by atoms with van der Waals surface area (Å²) in [4.78, 5) is 24.3. The van der Waals surface area contributed by atoms with Crippen LogP contribution < -0.4 is 10.1 Å². The lowest BCUT2D eigenvalue weighted by Gasteiger charge is -2.17. The lowest BCUT2D eigenvalue weighted by Crippen LogP contribution is -2.30. The Morgan fingerprint density at radius 3 is 2.20 bits per heavy atom. The first-order valence-corrected chi connectivity index (χ1v) is 9.90. The van der Waals surface area contributed by atoms with Gasteiger partial charge in [-0.05, 0) is 48.2 Å². The van der Waals surface area contributed by atoms with E-state index in [-0.39, 0.29) is 11.5 Å². The first-order valence-electron chi connectivity index (χ1n) is 9.90. The third-order valence-corrected chi connectivity index (χ3v) is 4.92. The normalized spacial score (nSPS) is 11.5. The second kappa shape index (κ2) is 10.3. The summed E-state index contributed by atoms with van der Waals surface area (Å²) in [5, 5.41) is 12.4. The number of carboxylic acid groups (broad SMARTS) is 1. The number of ether oxygens (including phenoxy) is 1. The third-order valence-electron chi connectivity index (χ3n) is 4.92. The summed E-state index contributed by atoms with van der Waals surface area (Å²) in [6.45, 7) is 2.56. The highest BCUT2D eigenvalue weighted by Gasteiger charge is 2.22. The van der Waals surface area contributed by atoms with Crippen molar-refractivity contribution in [2.24, 2.45) is 0 Å². The molecule has 0 aliphatic heterocycles. The molecule has 0 spiro atoms. The minimum absolute atomic E-state index is 0.104. The third kappa shape index (κ3) is 5.70. The predicted octanol–water partition coefficient (Wildman–Crippen LogP) is 4.43. The minimum Gasteiger partial charge on any atom is -0.489 e. The second-order valence-corrected chi connectivity index (χ2v) is 7.08. The zero-order valence-electron chi connectivity index (χ0n) is 16.9. The maximum Gasteiger partial charge on any atom is 0.335 e. The van der Waals surface area contributed by atoms with Crippen LogP contribution in [-0.4, -0.2) is 23.5 Å². The van der Waals surface area contributed by atoms with Crippen molar-refractivity contribution in [2.75, 3.05) is 6.54 Å². The van der Waals surface area contributed by atoms with Gasteiger partial charge in [-0.25, -0.2) is 4.79 Å². The number of carboxylic acids is 1. The van der Waals surface area contributed by atoms with Crippen LogP contribution in [0.15, 0.2) is 78.9 Å². The number of nitrogens with one attached hydrogen (secondary N) is 1. The number of hydrogen-bond donors (Lipinski definition) is 2. The van der Waals surface area contributed by atoms with Crippen molar-refractivity contribution in [1.29, 1.82) is 0 Å². The van der Waals surface area contributed by atoms with Crippen molar-refractivity contribution in [3.63, 3.8) is 0 Å². The van der Waals surface area contributed by atoms with Crippen molar-refractivity contribution < 1.29 is 19.4 Å². The molecule has 0 saturated heterocycles. The highest BCUT2D eigenvalue weighted by atomic mass is 16.5. The van der Waals surface area contributed by atoms with Gasteiger partial charge in [0.05, 0.1) is 11.5 Å². The predicted molar refractivity (Wildman–Crippen MR) is 116 cm³/mol. The average molecular weight is 403 g/mol. The van der Waals surface area contributed by atoms with Crippen LogP contribution in [0.3, 0.4) is 0 Å². The number of carbonyl (C=O) groups is 2. The van der Waals surface area contributed by atoms with E-state index in [1.165, 1.54) is 6.07 Å². The largest absolute Gasteiger partial charge is 0.489 e. The molecule has 0 bridgehead atoms. The molecule has 2 N–H and O–H groups in total. The quantitative estimate of drug-likeness (QED) is 0.554. The van der Waals surface area contributed by atoms with Gasteiger partial charge in [0.1, 0.15) is 12.4 Å². The summed E-state index contributed by atoms with van der Waals surface area (Å²) in [5.41, 5.74) is 2.68. The molecule has 1 amide bonds. The van der Waals surface area contributed by atoms with Gasteiger partial charge in [0.15, 0.2) is 0 Å². The van der Waals surface area contributed by atoms with Gasteiger partial charge in [-0.3, -0.25) is 4.79 Å². The molecule has 0 radical (unpaired) electrons. The van der Waals surface area contributed by atoms with E-state index < -0.39 is 11.9 Å². The van der Waals surface area contributed by atoms with Gasteiger partial charge >= 0.3 is 5.97 Å². The maximum absolute atomic E-state index is 12.7. The van der Waals surface area contributed by atoms with E-state index in [0.29, 0.717) is 30.9 Å². The molecule has 0 aliphatic rings. The highest BCUT2D eigenvalue weighted by Crippen LogP contribution is 2.26. The van der Waals surface area contributed by atoms with Crippen LogP contribution in [0.25, 0.3) is 0 Å².